The maximum Gasteiger partial charge on any atom is 0.128 e. The van der Waals surface area contributed by atoms with Gasteiger partial charge in [0.05, 0.1) is 6.04 Å². The lowest BCUT2D eigenvalue weighted by atomic mass is 10.2. The lowest BCUT2D eigenvalue weighted by Crippen LogP contribution is -2.06. The van der Waals surface area contributed by atoms with Crippen molar-refractivity contribution in [2.75, 3.05) is 11.1 Å². The Labute approximate surface area is 93.0 Å². The van der Waals surface area contributed by atoms with Gasteiger partial charge < -0.3 is 11.1 Å². The van der Waals surface area contributed by atoms with Crippen LogP contribution in [0.1, 0.15) is 17.8 Å². The minimum atomic E-state index is 0.263. The zero-order chi connectivity index (χ0) is 10.7. The summed E-state index contributed by atoms with van der Waals surface area (Å²) in [4.78, 5) is 5.49. The van der Waals surface area contributed by atoms with Crippen LogP contribution in [-0.2, 0) is 0 Å². The van der Waals surface area contributed by atoms with E-state index in [0.717, 1.165) is 11.5 Å². The van der Waals surface area contributed by atoms with Crippen molar-refractivity contribution in [2.45, 2.75) is 13.0 Å². The molecular formula is C11H13N3S. The minimum Gasteiger partial charge on any atom is -0.399 e. The molecule has 1 unspecified atom stereocenters. The van der Waals surface area contributed by atoms with E-state index in [0.29, 0.717) is 0 Å². The summed E-state index contributed by atoms with van der Waals surface area (Å²) in [5.41, 5.74) is 6.40. The first kappa shape index (κ1) is 9.98. The molecule has 0 saturated carbocycles. The van der Waals surface area contributed by atoms with E-state index in [1.54, 1.807) is 23.6 Å². The van der Waals surface area contributed by atoms with E-state index in [9.17, 15) is 0 Å². The zero-order valence-electron chi connectivity index (χ0n) is 8.47. The summed E-state index contributed by atoms with van der Waals surface area (Å²) in [5, 5.41) is 5.37. The molecule has 0 aliphatic rings. The average Bonchev–Trinajstić information content (AvgIpc) is 2.70. The topological polar surface area (TPSA) is 50.9 Å². The summed E-state index contributed by atoms with van der Waals surface area (Å²) in [5.74, 6) is 0.816. The van der Waals surface area contributed by atoms with Crippen molar-refractivity contribution in [3.63, 3.8) is 0 Å². The fraction of sp³-hybridized carbons (Fsp3) is 0.182. The van der Waals surface area contributed by atoms with E-state index < -0.39 is 0 Å². The number of hydrogen-bond acceptors (Lipinski definition) is 4. The van der Waals surface area contributed by atoms with Gasteiger partial charge in [-0.15, -0.1) is 11.3 Å². The van der Waals surface area contributed by atoms with Crippen LogP contribution in [0, 0.1) is 0 Å². The third kappa shape index (κ3) is 2.47. The standard InChI is InChI=1S/C11H13N3S/c1-8(10-3-2-6-15-10)14-11-7-9(12)4-5-13-11/h2-8H,1H3,(H3,12,13,14). The molecule has 1 atom stereocenters. The molecule has 2 rings (SSSR count). The van der Waals surface area contributed by atoms with Gasteiger partial charge in [0.1, 0.15) is 5.82 Å². The Kier molecular flexibility index (Phi) is 2.87. The Balaban J connectivity index is 2.09. The Morgan fingerprint density at radius 3 is 3.00 bits per heavy atom. The number of hydrogen-bond donors (Lipinski definition) is 2. The minimum absolute atomic E-state index is 0.263. The number of nitrogen functional groups attached to an aromatic ring is 1. The molecule has 0 bridgehead atoms. The Morgan fingerprint density at radius 2 is 2.33 bits per heavy atom. The second-order valence-corrected chi connectivity index (χ2v) is 4.34. The van der Waals surface area contributed by atoms with E-state index in [1.807, 2.05) is 12.1 Å². The van der Waals surface area contributed by atoms with Gasteiger partial charge in [-0.1, -0.05) is 6.07 Å². The highest BCUT2D eigenvalue weighted by molar-refractivity contribution is 7.10. The number of nitrogens with one attached hydrogen (secondary N) is 1. The Bertz CT molecular complexity index is 425. The van der Waals surface area contributed by atoms with Gasteiger partial charge in [0.25, 0.3) is 0 Å². The van der Waals surface area contributed by atoms with Gasteiger partial charge in [-0.05, 0) is 24.4 Å². The fourth-order valence-corrected chi connectivity index (χ4v) is 2.09. The van der Waals surface area contributed by atoms with E-state index in [1.165, 1.54) is 4.88 Å². The number of anilines is 2. The molecule has 0 aromatic carbocycles. The summed E-state index contributed by atoms with van der Waals surface area (Å²) >= 11 is 1.73. The Morgan fingerprint density at radius 1 is 1.47 bits per heavy atom. The zero-order valence-corrected chi connectivity index (χ0v) is 9.29. The molecule has 0 spiro atoms. The van der Waals surface area contributed by atoms with E-state index in [4.69, 9.17) is 5.73 Å². The molecule has 3 N–H and O–H groups in total. The number of aromatic nitrogens is 1. The van der Waals surface area contributed by atoms with Crippen LogP contribution in [0.25, 0.3) is 0 Å². The van der Waals surface area contributed by atoms with Gasteiger partial charge in [0.15, 0.2) is 0 Å². The molecular weight excluding hydrogens is 206 g/mol. The van der Waals surface area contributed by atoms with Crippen LogP contribution in [0.5, 0.6) is 0 Å². The summed E-state index contributed by atoms with van der Waals surface area (Å²) in [6.45, 7) is 2.11. The molecule has 78 valence electrons. The van der Waals surface area contributed by atoms with Crippen molar-refractivity contribution in [1.29, 1.82) is 0 Å². The molecule has 2 aromatic rings. The van der Waals surface area contributed by atoms with E-state index in [-0.39, 0.29) is 6.04 Å². The van der Waals surface area contributed by atoms with Crippen LogP contribution in [0.15, 0.2) is 35.8 Å². The molecule has 2 heterocycles. The monoisotopic (exact) mass is 219 g/mol. The molecule has 0 saturated heterocycles. The smallest absolute Gasteiger partial charge is 0.128 e. The predicted octanol–water partition coefficient (Wildman–Crippen LogP) is 2.90. The van der Waals surface area contributed by atoms with Crippen LogP contribution in [0.2, 0.25) is 0 Å². The molecule has 4 heteroatoms. The quantitative estimate of drug-likeness (QED) is 0.834. The number of pyridine rings is 1. The lowest BCUT2D eigenvalue weighted by molar-refractivity contribution is 0.897. The van der Waals surface area contributed by atoms with Crippen LogP contribution < -0.4 is 11.1 Å². The lowest BCUT2D eigenvalue weighted by Gasteiger charge is -2.12. The normalized spacial score (nSPS) is 12.3. The van der Waals surface area contributed by atoms with Gasteiger partial charge in [-0.2, -0.15) is 0 Å². The summed E-state index contributed by atoms with van der Waals surface area (Å²) in [6.07, 6.45) is 1.71. The number of nitrogens with two attached hydrogens (primary N) is 1. The molecule has 0 aliphatic carbocycles. The summed E-state index contributed by atoms with van der Waals surface area (Å²) in [6, 6.07) is 8.03. The number of thiophene rings is 1. The van der Waals surface area contributed by atoms with Crippen molar-refractivity contribution in [1.82, 2.24) is 4.98 Å². The second kappa shape index (κ2) is 4.31. The maximum absolute atomic E-state index is 5.68. The first-order valence-corrected chi connectivity index (χ1v) is 5.65. The molecule has 0 aliphatic heterocycles. The van der Waals surface area contributed by atoms with Crippen LogP contribution in [0.3, 0.4) is 0 Å². The van der Waals surface area contributed by atoms with Crippen LogP contribution >= 0.6 is 11.3 Å². The second-order valence-electron chi connectivity index (χ2n) is 3.36. The predicted molar refractivity (Wildman–Crippen MR) is 65.0 cm³/mol. The highest BCUT2D eigenvalue weighted by Gasteiger charge is 2.06. The fourth-order valence-electron chi connectivity index (χ4n) is 1.36. The summed E-state index contributed by atoms with van der Waals surface area (Å²) in [7, 11) is 0. The first-order chi connectivity index (χ1) is 7.25. The van der Waals surface area contributed by atoms with Gasteiger partial charge >= 0.3 is 0 Å². The van der Waals surface area contributed by atoms with E-state index >= 15 is 0 Å². The molecule has 3 nitrogen and oxygen atoms in total. The third-order valence-corrected chi connectivity index (χ3v) is 3.17. The average molecular weight is 219 g/mol. The van der Waals surface area contributed by atoms with Crippen molar-refractivity contribution >= 4 is 22.8 Å². The van der Waals surface area contributed by atoms with Gasteiger partial charge in [0.2, 0.25) is 0 Å². The third-order valence-electron chi connectivity index (χ3n) is 2.12. The van der Waals surface area contributed by atoms with Crippen LogP contribution in [-0.4, -0.2) is 4.98 Å². The highest BCUT2D eigenvalue weighted by Crippen LogP contribution is 2.22. The van der Waals surface area contributed by atoms with Gasteiger partial charge in [-0.25, -0.2) is 4.98 Å². The number of nitrogens with zero attached hydrogens (tertiary/aromatic N) is 1. The van der Waals surface area contributed by atoms with Gasteiger partial charge in [-0.3, -0.25) is 0 Å². The number of rotatable bonds is 3. The molecule has 2 aromatic heterocycles. The van der Waals surface area contributed by atoms with Crippen molar-refractivity contribution < 1.29 is 0 Å². The maximum atomic E-state index is 5.68. The summed E-state index contributed by atoms with van der Waals surface area (Å²) < 4.78 is 0. The highest BCUT2D eigenvalue weighted by atomic mass is 32.1. The molecule has 0 amide bonds. The largest absolute Gasteiger partial charge is 0.399 e. The SMILES string of the molecule is CC(Nc1cc(N)ccn1)c1cccs1. The molecule has 15 heavy (non-hydrogen) atoms. The van der Waals surface area contributed by atoms with Crippen molar-refractivity contribution in [3.8, 4) is 0 Å². The van der Waals surface area contributed by atoms with Crippen LogP contribution in [0.4, 0.5) is 11.5 Å². The van der Waals surface area contributed by atoms with Crippen molar-refractivity contribution in [2.24, 2.45) is 0 Å². The van der Waals surface area contributed by atoms with E-state index in [2.05, 4.69) is 28.7 Å². The van der Waals surface area contributed by atoms with Gasteiger partial charge in [0, 0.05) is 22.8 Å². The molecule has 0 radical (unpaired) electrons. The first-order valence-electron chi connectivity index (χ1n) is 4.77. The van der Waals surface area contributed by atoms with Crippen molar-refractivity contribution in [3.05, 3.63) is 40.7 Å². The molecule has 0 fully saturated rings. The Hall–Kier alpha value is -1.55.